The van der Waals surface area contributed by atoms with Gasteiger partial charge in [-0.1, -0.05) is 65.3 Å². The van der Waals surface area contributed by atoms with E-state index in [-0.39, 0.29) is 5.69 Å². The van der Waals surface area contributed by atoms with E-state index < -0.39 is 11.7 Å². The standard InChI is InChI=1S/C19H21N3O3/c1-21-18(19(24)25-20-21)17(23)14-22(12-15-8-4-2-5-9-15)13-16-10-6-3-7-11-16/h2-11,17,23H,12-14H2,1H3/p+1. The molecule has 0 aliphatic carbocycles. The number of aliphatic hydroxyl groups excluding tert-OH is 1. The van der Waals surface area contributed by atoms with Crippen molar-refractivity contribution < 1.29 is 14.3 Å². The summed E-state index contributed by atoms with van der Waals surface area (Å²) in [6, 6.07) is 20.1. The molecule has 0 saturated heterocycles. The molecule has 1 aromatic heterocycles. The molecular formula is C19H22N3O3+. The molecule has 0 radical (unpaired) electrons. The first-order chi connectivity index (χ1) is 12.1. The third kappa shape index (κ3) is 4.43. The highest BCUT2D eigenvalue weighted by atomic mass is 16.5. The first-order valence-corrected chi connectivity index (χ1v) is 8.19. The van der Waals surface area contributed by atoms with Crippen molar-refractivity contribution in [3.8, 4) is 0 Å². The molecule has 130 valence electrons. The first-order valence-electron chi connectivity index (χ1n) is 8.19. The van der Waals surface area contributed by atoms with Crippen LogP contribution < -0.4 is 10.3 Å². The summed E-state index contributed by atoms with van der Waals surface area (Å²) in [7, 11) is 1.64. The van der Waals surface area contributed by atoms with E-state index in [4.69, 9.17) is 4.52 Å². The second kappa shape index (κ2) is 7.92. The van der Waals surface area contributed by atoms with Crippen molar-refractivity contribution in [3.63, 3.8) is 0 Å². The van der Waals surface area contributed by atoms with Gasteiger partial charge in [-0.15, -0.1) is 0 Å². The van der Waals surface area contributed by atoms with E-state index in [0.717, 1.165) is 11.1 Å². The Morgan fingerprint density at radius 3 is 2.00 bits per heavy atom. The molecular weight excluding hydrogens is 318 g/mol. The zero-order valence-corrected chi connectivity index (χ0v) is 14.1. The number of aromatic nitrogens is 2. The average molecular weight is 340 g/mol. The second-order valence-electron chi connectivity index (χ2n) is 6.08. The lowest BCUT2D eigenvalue weighted by Crippen LogP contribution is -2.41. The summed E-state index contributed by atoms with van der Waals surface area (Å²) in [4.78, 5) is 13.9. The first kappa shape index (κ1) is 17.1. The van der Waals surface area contributed by atoms with Crippen molar-refractivity contribution in [1.82, 2.24) is 10.2 Å². The average Bonchev–Trinajstić information content (AvgIpc) is 2.95. The van der Waals surface area contributed by atoms with E-state index in [1.165, 1.54) is 4.68 Å². The summed E-state index contributed by atoms with van der Waals surface area (Å²) < 4.78 is 6.15. The van der Waals surface area contributed by atoms with Crippen LogP contribution >= 0.6 is 0 Å². The molecule has 6 nitrogen and oxygen atoms in total. The van der Waals surface area contributed by atoms with Gasteiger partial charge in [0.15, 0.2) is 13.2 Å². The molecule has 2 N–H and O–H groups in total. The van der Waals surface area contributed by atoms with Gasteiger partial charge in [0.25, 0.3) is 0 Å². The Morgan fingerprint density at radius 1 is 1.04 bits per heavy atom. The molecule has 0 saturated carbocycles. The van der Waals surface area contributed by atoms with Crippen molar-refractivity contribution >= 4 is 0 Å². The zero-order chi connectivity index (χ0) is 17.6. The number of hydrogen-bond acceptors (Lipinski definition) is 4. The fourth-order valence-electron chi connectivity index (χ4n) is 2.91. The maximum absolute atomic E-state index is 11.8. The normalized spacial score (nSPS) is 12.4. The van der Waals surface area contributed by atoms with Crippen LogP contribution in [0.5, 0.6) is 0 Å². The lowest BCUT2D eigenvalue weighted by atomic mass is 10.1. The molecule has 25 heavy (non-hydrogen) atoms. The van der Waals surface area contributed by atoms with Crippen LogP contribution in [0.15, 0.2) is 70.0 Å². The molecule has 6 heteroatoms. The van der Waals surface area contributed by atoms with E-state index in [9.17, 15) is 9.90 Å². The van der Waals surface area contributed by atoms with Crippen molar-refractivity contribution in [3.05, 3.63) is 87.9 Å². The highest BCUT2D eigenvalue weighted by molar-refractivity contribution is 5.17. The van der Waals surface area contributed by atoms with Crippen LogP contribution in [-0.2, 0) is 20.1 Å². The van der Waals surface area contributed by atoms with Crippen molar-refractivity contribution in [2.24, 2.45) is 7.05 Å². The van der Waals surface area contributed by atoms with Crippen LogP contribution in [0, 0.1) is 0 Å². The minimum atomic E-state index is -0.945. The molecule has 0 aliphatic rings. The summed E-state index contributed by atoms with van der Waals surface area (Å²) in [5.74, 6) is 0. The van der Waals surface area contributed by atoms with Gasteiger partial charge in [0.1, 0.15) is 0 Å². The maximum Gasteiger partial charge on any atom is 0.432 e. The van der Waals surface area contributed by atoms with Gasteiger partial charge in [0.05, 0.1) is 0 Å². The van der Waals surface area contributed by atoms with Crippen LogP contribution in [0.4, 0.5) is 0 Å². The number of H-pyrrole nitrogens is 1. The molecule has 2 aromatic carbocycles. The van der Waals surface area contributed by atoms with Crippen LogP contribution in [0.25, 0.3) is 0 Å². The minimum Gasteiger partial charge on any atom is -0.380 e. The number of nitrogens with zero attached hydrogens (tertiary/aromatic N) is 2. The topological polar surface area (TPSA) is 73.3 Å². The Kier molecular flexibility index (Phi) is 5.42. The SMILES string of the molecule is C[n+]1[nH]oc(=O)c1C(O)CN(Cc1ccccc1)Cc1ccccc1. The maximum atomic E-state index is 11.8. The summed E-state index contributed by atoms with van der Waals surface area (Å²) >= 11 is 0. The molecule has 0 amide bonds. The van der Waals surface area contributed by atoms with Gasteiger partial charge in [0.2, 0.25) is 0 Å². The summed E-state index contributed by atoms with van der Waals surface area (Å²) in [5, 5.41) is 13.0. The molecule has 1 heterocycles. The molecule has 1 atom stereocenters. The lowest BCUT2D eigenvalue weighted by Gasteiger charge is -2.23. The number of aryl methyl sites for hydroxylation is 1. The van der Waals surface area contributed by atoms with Crippen LogP contribution in [0.2, 0.25) is 0 Å². The zero-order valence-electron chi connectivity index (χ0n) is 14.1. The summed E-state index contributed by atoms with van der Waals surface area (Å²) in [6.07, 6.45) is -0.945. The summed E-state index contributed by atoms with van der Waals surface area (Å²) in [5.41, 5.74) is 1.97. The highest BCUT2D eigenvalue weighted by Crippen LogP contribution is 2.14. The molecule has 3 rings (SSSR count). The van der Waals surface area contributed by atoms with Gasteiger partial charge in [-0.2, -0.15) is 0 Å². The summed E-state index contributed by atoms with van der Waals surface area (Å²) in [6.45, 7) is 1.67. The van der Waals surface area contributed by atoms with Gasteiger partial charge in [0, 0.05) is 19.6 Å². The number of hydrogen-bond donors (Lipinski definition) is 2. The predicted molar refractivity (Wildman–Crippen MR) is 92.5 cm³/mol. The third-order valence-corrected chi connectivity index (χ3v) is 4.09. The number of aliphatic hydroxyl groups is 1. The Morgan fingerprint density at radius 2 is 1.56 bits per heavy atom. The van der Waals surface area contributed by atoms with Gasteiger partial charge >= 0.3 is 11.3 Å². The van der Waals surface area contributed by atoms with Crippen LogP contribution in [-0.4, -0.2) is 21.8 Å². The fraction of sp³-hybridized carbons (Fsp3) is 0.263. The molecule has 0 bridgehead atoms. The predicted octanol–water partition coefficient (Wildman–Crippen LogP) is 1.53. The third-order valence-electron chi connectivity index (χ3n) is 4.09. The van der Waals surface area contributed by atoms with Crippen molar-refractivity contribution in [2.75, 3.05) is 6.54 Å². The Labute approximate surface area is 145 Å². The quantitative estimate of drug-likeness (QED) is 0.640. The van der Waals surface area contributed by atoms with E-state index in [0.29, 0.717) is 19.6 Å². The molecule has 0 spiro atoms. The lowest BCUT2D eigenvalue weighted by molar-refractivity contribution is -0.749. The number of aromatic amines is 1. The van der Waals surface area contributed by atoms with E-state index in [1.807, 2.05) is 36.4 Å². The van der Waals surface area contributed by atoms with Crippen LogP contribution in [0.1, 0.15) is 22.9 Å². The Hall–Kier alpha value is -2.70. The second-order valence-corrected chi connectivity index (χ2v) is 6.08. The van der Waals surface area contributed by atoms with Crippen molar-refractivity contribution in [2.45, 2.75) is 19.2 Å². The van der Waals surface area contributed by atoms with E-state index in [1.54, 1.807) is 7.05 Å². The number of nitrogens with one attached hydrogen (secondary N) is 1. The smallest absolute Gasteiger partial charge is 0.380 e. The largest absolute Gasteiger partial charge is 0.432 e. The molecule has 0 fully saturated rings. The molecule has 0 aliphatic heterocycles. The van der Waals surface area contributed by atoms with Crippen molar-refractivity contribution in [1.29, 1.82) is 0 Å². The monoisotopic (exact) mass is 340 g/mol. The van der Waals surface area contributed by atoms with E-state index >= 15 is 0 Å². The van der Waals surface area contributed by atoms with Crippen LogP contribution in [0.3, 0.4) is 0 Å². The van der Waals surface area contributed by atoms with Gasteiger partial charge in [-0.05, 0) is 16.4 Å². The van der Waals surface area contributed by atoms with Gasteiger partial charge < -0.3 is 5.11 Å². The highest BCUT2D eigenvalue weighted by Gasteiger charge is 2.28. The fourth-order valence-corrected chi connectivity index (χ4v) is 2.91. The molecule has 3 aromatic rings. The number of benzene rings is 2. The van der Waals surface area contributed by atoms with E-state index in [2.05, 4.69) is 34.4 Å². The van der Waals surface area contributed by atoms with Gasteiger partial charge in [-0.25, -0.2) is 4.79 Å². The Bertz CT molecular complexity index is 802. The molecule has 1 unspecified atom stereocenters. The van der Waals surface area contributed by atoms with Gasteiger partial charge in [-0.3, -0.25) is 9.42 Å². The number of rotatable bonds is 7. The Balaban J connectivity index is 1.79. The minimum absolute atomic E-state index is 0.214.